The molecule has 0 saturated carbocycles. The Morgan fingerprint density at radius 3 is 1.38 bits per heavy atom. The molecule has 0 spiro atoms. The smallest absolute Gasteiger partial charge is 0.0512 e. The van der Waals surface area contributed by atoms with E-state index in [0.717, 1.165) is 22.4 Å². The van der Waals surface area contributed by atoms with E-state index in [4.69, 9.17) is 17.2 Å². The van der Waals surface area contributed by atoms with E-state index in [9.17, 15) is 0 Å². The van der Waals surface area contributed by atoms with E-state index in [0.29, 0.717) is 26.2 Å². The molecule has 0 unspecified atom stereocenters. The summed E-state index contributed by atoms with van der Waals surface area (Å²) in [6.45, 7) is 6.73. The van der Waals surface area contributed by atoms with Crippen LogP contribution in [0.2, 0.25) is 0 Å². The Morgan fingerprint density at radius 1 is 0.595 bits per heavy atom. The molecule has 0 radical (unpaired) electrons. The Hall–Kier alpha value is -3.87. The van der Waals surface area contributed by atoms with E-state index >= 15 is 0 Å². The Labute approximate surface area is 221 Å². The maximum absolute atomic E-state index is 5.69. The predicted octanol–water partition coefficient (Wildman–Crippen LogP) is 5.48. The zero-order valence-corrected chi connectivity index (χ0v) is 22.3. The normalized spacial score (nSPS) is 11.2. The van der Waals surface area contributed by atoms with E-state index in [1.165, 1.54) is 28.0 Å². The quantitative estimate of drug-likeness (QED) is 0.232. The summed E-state index contributed by atoms with van der Waals surface area (Å²) in [6.07, 6.45) is 6.82. The van der Waals surface area contributed by atoms with Crippen molar-refractivity contribution < 1.29 is 0 Å². The largest absolute Gasteiger partial charge is 0.399 e. The van der Waals surface area contributed by atoms with E-state index < -0.39 is 0 Å². The molecule has 6 N–H and O–H groups in total. The van der Waals surface area contributed by atoms with Gasteiger partial charge >= 0.3 is 0 Å². The Balaban J connectivity index is 0.000000247. The molecule has 194 valence electrons. The minimum atomic E-state index is 0.579. The molecule has 0 saturated heterocycles. The maximum Gasteiger partial charge on any atom is 0.0512 e. The van der Waals surface area contributed by atoms with Crippen molar-refractivity contribution in [2.75, 3.05) is 39.0 Å². The first kappa shape index (κ1) is 29.4. The number of nitrogen functional groups attached to an aromatic ring is 1. The zero-order chi connectivity index (χ0) is 26.9. The van der Waals surface area contributed by atoms with E-state index in [1.54, 1.807) is 7.05 Å². The van der Waals surface area contributed by atoms with Gasteiger partial charge in [-0.15, -0.1) is 0 Å². The minimum absolute atomic E-state index is 0.579. The van der Waals surface area contributed by atoms with Gasteiger partial charge in [0.15, 0.2) is 0 Å². The number of aliphatic imine (C=N–C) groups is 3. The molecule has 0 aliphatic rings. The molecule has 4 aromatic rings. The van der Waals surface area contributed by atoms with Crippen LogP contribution >= 0.6 is 0 Å². The number of anilines is 1. The second kappa shape index (κ2) is 16.7. The van der Waals surface area contributed by atoms with Crippen LogP contribution in [0.1, 0.15) is 37.0 Å². The molecule has 6 nitrogen and oxygen atoms in total. The van der Waals surface area contributed by atoms with Crippen LogP contribution < -0.4 is 17.2 Å². The van der Waals surface area contributed by atoms with Crippen LogP contribution in [0.25, 0.3) is 21.5 Å². The Kier molecular flexibility index (Phi) is 13.3. The van der Waals surface area contributed by atoms with Crippen LogP contribution in [0.5, 0.6) is 0 Å². The van der Waals surface area contributed by atoms with Gasteiger partial charge in [-0.05, 0) is 68.6 Å². The molecule has 0 bridgehead atoms. The molecular weight excluding hydrogens is 456 g/mol. The van der Waals surface area contributed by atoms with Gasteiger partial charge in [-0.3, -0.25) is 15.0 Å². The topological polar surface area (TPSA) is 115 Å². The molecule has 0 atom stereocenters. The summed E-state index contributed by atoms with van der Waals surface area (Å²) in [5.74, 6) is 0. The molecule has 0 fully saturated rings. The lowest BCUT2D eigenvalue weighted by molar-refractivity contribution is 0.980. The molecule has 0 amide bonds. The number of rotatable bonds is 7. The van der Waals surface area contributed by atoms with E-state index in [2.05, 4.69) is 77.4 Å². The summed E-state index contributed by atoms with van der Waals surface area (Å²) in [4.78, 5) is 12.5. The fourth-order valence-electron chi connectivity index (χ4n) is 3.44. The number of hydrogen-bond acceptors (Lipinski definition) is 6. The second-order valence-corrected chi connectivity index (χ2v) is 8.47. The summed E-state index contributed by atoms with van der Waals surface area (Å²) in [5.41, 5.74) is 20.6. The molecular formula is C31H40N6. The standard InChI is InChI=1S/C16H20N4.C12H12N2.C3H8/c17-5-7-19-11-13-1-3-15-10-14(12-20-8-6-18)2-4-16(15)9-13;1-14-8-9-2-3-11-7-12(13)5-4-10(11)6-9;1-3-2/h1-4,9-12H,5-8,17-18H2;2-8H,13H2,1H3;3H2,1-2H3. The Morgan fingerprint density at radius 2 is 0.973 bits per heavy atom. The number of benzene rings is 4. The van der Waals surface area contributed by atoms with Crippen LogP contribution in [-0.4, -0.2) is 51.9 Å². The molecule has 0 aliphatic heterocycles. The molecule has 0 aromatic heterocycles. The van der Waals surface area contributed by atoms with Crippen molar-refractivity contribution in [1.29, 1.82) is 0 Å². The Bertz CT molecular complexity index is 1270. The highest BCUT2D eigenvalue weighted by molar-refractivity contribution is 5.94. The van der Waals surface area contributed by atoms with Gasteiger partial charge in [0.25, 0.3) is 0 Å². The van der Waals surface area contributed by atoms with Crippen LogP contribution in [-0.2, 0) is 0 Å². The van der Waals surface area contributed by atoms with Gasteiger partial charge in [-0.2, -0.15) is 0 Å². The first-order valence-electron chi connectivity index (χ1n) is 12.7. The fraction of sp³-hybridized carbons (Fsp3) is 0.258. The fourth-order valence-corrected chi connectivity index (χ4v) is 3.44. The lowest BCUT2D eigenvalue weighted by atomic mass is 10.0. The van der Waals surface area contributed by atoms with Crippen molar-refractivity contribution in [2.24, 2.45) is 26.4 Å². The van der Waals surface area contributed by atoms with Crippen molar-refractivity contribution >= 4 is 45.9 Å². The van der Waals surface area contributed by atoms with Crippen molar-refractivity contribution in [3.8, 4) is 0 Å². The van der Waals surface area contributed by atoms with Crippen molar-refractivity contribution in [2.45, 2.75) is 20.3 Å². The maximum atomic E-state index is 5.69. The first-order valence-corrected chi connectivity index (χ1v) is 12.7. The monoisotopic (exact) mass is 496 g/mol. The van der Waals surface area contributed by atoms with Crippen LogP contribution in [0, 0.1) is 0 Å². The van der Waals surface area contributed by atoms with Crippen molar-refractivity contribution in [3.05, 3.63) is 89.5 Å². The third-order valence-corrected chi connectivity index (χ3v) is 5.05. The third kappa shape index (κ3) is 10.3. The summed E-state index contributed by atoms with van der Waals surface area (Å²) in [5, 5.41) is 4.74. The summed E-state index contributed by atoms with van der Waals surface area (Å²) in [7, 11) is 1.77. The number of nitrogens with zero attached hydrogens (tertiary/aromatic N) is 3. The third-order valence-electron chi connectivity index (χ3n) is 5.05. The van der Waals surface area contributed by atoms with Gasteiger partial charge in [0.2, 0.25) is 0 Å². The van der Waals surface area contributed by atoms with Gasteiger partial charge in [0.1, 0.15) is 0 Å². The molecule has 37 heavy (non-hydrogen) atoms. The second-order valence-electron chi connectivity index (χ2n) is 8.47. The predicted molar refractivity (Wildman–Crippen MR) is 165 cm³/mol. The van der Waals surface area contributed by atoms with E-state index in [1.807, 2.05) is 42.9 Å². The molecule has 4 aromatic carbocycles. The SMILES string of the molecule is CCC.CN=Cc1ccc2cc(N)ccc2c1.NCCN=Cc1ccc2cc(C=NCCN)ccc2c1. The molecule has 6 heteroatoms. The number of fused-ring (bicyclic) bond motifs is 2. The van der Waals surface area contributed by atoms with Crippen LogP contribution in [0.15, 0.2) is 87.8 Å². The molecule has 4 rings (SSSR count). The highest BCUT2D eigenvalue weighted by atomic mass is 14.7. The lowest BCUT2D eigenvalue weighted by Gasteiger charge is -2.01. The minimum Gasteiger partial charge on any atom is -0.399 e. The first-order chi connectivity index (χ1) is 18.0. The molecule has 0 heterocycles. The summed E-state index contributed by atoms with van der Waals surface area (Å²) >= 11 is 0. The summed E-state index contributed by atoms with van der Waals surface area (Å²) < 4.78 is 0. The zero-order valence-electron chi connectivity index (χ0n) is 22.3. The average molecular weight is 497 g/mol. The lowest BCUT2D eigenvalue weighted by Crippen LogP contribution is -2.02. The average Bonchev–Trinajstić information content (AvgIpc) is 2.90. The number of hydrogen-bond donors (Lipinski definition) is 3. The van der Waals surface area contributed by atoms with Crippen LogP contribution in [0.4, 0.5) is 5.69 Å². The van der Waals surface area contributed by atoms with Gasteiger partial charge in [-0.1, -0.05) is 62.7 Å². The number of nitrogens with two attached hydrogens (primary N) is 3. The highest BCUT2D eigenvalue weighted by Crippen LogP contribution is 2.18. The van der Waals surface area contributed by atoms with Crippen molar-refractivity contribution in [1.82, 2.24) is 0 Å². The van der Waals surface area contributed by atoms with Crippen LogP contribution in [0.3, 0.4) is 0 Å². The van der Waals surface area contributed by atoms with Gasteiger partial charge < -0.3 is 17.2 Å². The highest BCUT2D eigenvalue weighted by Gasteiger charge is 1.97. The van der Waals surface area contributed by atoms with E-state index in [-0.39, 0.29) is 0 Å². The van der Waals surface area contributed by atoms with Gasteiger partial charge in [0, 0.05) is 44.5 Å². The van der Waals surface area contributed by atoms with Crippen molar-refractivity contribution in [3.63, 3.8) is 0 Å². The molecule has 0 aliphatic carbocycles. The summed E-state index contributed by atoms with van der Waals surface area (Å²) in [6, 6.07) is 24.7. The van der Waals surface area contributed by atoms with Gasteiger partial charge in [0.05, 0.1) is 13.1 Å². The van der Waals surface area contributed by atoms with Gasteiger partial charge in [-0.25, -0.2) is 0 Å².